The first-order valence-corrected chi connectivity index (χ1v) is 7.03. The molecule has 0 fully saturated rings. The number of hydrogen-bond donors (Lipinski definition) is 4. The van der Waals surface area contributed by atoms with Crippen molar-refractivity contribution < 1.29 is 24.9 Å². The number of phenols is 3. The SMILES string of the molecule is CO/C(=C/c1ccc(O)c(O)c1)NC(=O)/C=C/c1ccc(O)cc1. The number of amides is 1. The third kappa shape index (κ3) is 4.81. The monoisotopic (exact) mass is 327 g/mol. The van der Waals surface area contributed by atoms with E-state index >= 15 is 0 Å². The van der Waals surface area contributed by atoms with Crippen molar-refractivity contribution >= 4 is 18.1 Å². The largest absolute Gasteiger partial charge is 0.508 e. The van der Waals surface area contributed by atoms with Gasteiger partial charge in [-0.1, -0.05) is 18.2 Å². The molecule has 0 spiro atoms. The lowest BCUT2D eigenvalue weighted by molar-refractivity contribution is -0.116. The number of rotatable bonds is 5. The summed E-state index contributed by atoms with van der Waals surface area (Å²) < 4.78 is 5.08. The van der Waals surface area contributed by atoms with Crippen molar-refractivity contribution in [3.8, 4) is 17.2 Å². The fourth-order valence-corrected chi connectivity index (χ4v) is 1.85. The van der Waals surface area contributed by atoms with Gasteiger partial charge in [-0.25, -0.2) is 0 Å². The molecule has 0 saturated carbocycles. The van der Waals surface area contributed by atoms with Crippen LogP contribution in [0.4, 0.5) is 0 Å². The van der Waals surface area contributed by atoms with E-state index in [-0.39, 0.29) is 23.1 Å². The standard InChI is InChI=1S/C18H17NO5/c1-24-18(11-13-4-8-15(21)16(22)10-13)19-17(23)9-5-12-2-6-14(20)7-3-12/h2-11,20-22H,1H3,(H,19,23)/b9-5+,18-11+. The van der Waals surface area contributed by atoms with E-state index in [1.165, 1.54) is 43.5 Å². The van der Waals surface area contributed by atoms with Gasteiger partial charge >= 0.3 is 0 Å². The molecule has 0 aliphatic rings. The van der Waals surface area contributed by atoms with Crippen LogP contribution in [0.15, 0.2) is 54.4 Å². The number of benzene rings is 2. The fraction of sp³-hybridized carbons (Fsp3) is 0.0556. The Morgan fingerprint density at radius 3 is 2.29 bits per heavy atom. The molecule has 4 N–H and O–H groups in total. The highest BCUT2D eigenvalue weighted by atomic mass is 16.5. The molecule has 6 heteroatoms. The molecule has 0 bridgehead atoms. The number of carbonyl (C=O) groups is 1. The molecule has 2 aromatic rings. The van der Waals surface area contributed by atoms with Gasteiger partial charge in [0.05, 0.1) is 7.11 Å². The summed E-state index contributed by atoms with van der Waals surface area (Å²) in [4.78, 5) is 11.9. The number of aromatic hydroxyl groups is 3. The third-order valence-electron chi connectivity index (χ3n) is 3.08. The van der Waals surface area contributed by atoms with Gasteiger partial charge in [0.1, 0.15) is 5.75 Å². The number of nitrogens with one attached hydrogen (secondary N) is 1. The van der Waals surface area contributed by atoms with E-state index in [2.05, 4.69) is 5.32 Å². The van der Waals surface area contributed by atoms with Gasteiger partial charge in [-0.2, -0.15) is 0 Å². The second kappa shape index (κ2) is 7.73. The van der Waals surface area contributed by atoms with Crippen molar-refractivity contribution in [1.29, 1.82) is 0 Å². The highest BCUT2D eigenvalue weighted by Crippen LogP contribution is 2.25. The Morgan fingerprint density at radius 1 is 1.00 bits per heavy atom. The average Bonchev–Trinajstić information content (AvgIpc) is 2.57. The molecule has 0 atom stereocenters. The predicted octanol–water partition coefficient (Wildman–Crippen LogP) is 2.58. The Labute approximate surface area is 139 Å². The Hall–Kier alpha value is -3.41. The van der Waals surface area contributed by atoms with Crippen LogP contribution in [0.3, 0.4) is 0 Å². The van der Waals surface area contributed by atoms with Crippen molar-refractivity contribution in [2.24, 2.45) is 0 Å². The smallest absolute Gasteiger partial charge is 0.250 e. The maximum absolute atomic E-state index is 11.9. The minimum atomic E-state index is -0.404. The van der Waals surface area contributed by atoms with Crippen LogP contribution in [-0.4, -0.2) is 28.3 Å². The number of carbonyl (C=O) groups excluding carboxylic acids is 1. The first-order valence-electron chi connectivity index (χ1n) is 7.03. The van der Waals surface area contributed by atoms with Crippen molar-refractivity contribution in [3.05, 3.63) is 65.6 Å². The topological polar surface area (TPSA) is 99.0 Å². The van der Waals surface area contributed by atoms with E-state index in [9.17, 15) is 20.1 Å². The molecule has 0 aromatic heterocycles. The van der Waals surface area contributed by atoms with Crippen LogP contribution in [0.5, 0.6) is 17.2 Å². The summed E-state index contributed by atoms with van der Waals surface area (Å²) in [5.41, 5.74) is 1.30. The Balaban J connectivity index is 2.05. The quantitative estimate of drug-likeness (QED) is 0.384. The second-order valence-electron chi connectivity index (χ2n) is 4.87. The van der Waals surface area contributed by atoms with Gasteiger partial charge < -0.3 is 20.1 Å². The normalized spacial score (nSPS) is 11.5. The Morgan fingerprint density at radius 2 is 1.67 bits per heavy atom. The highest BCUT2D eigenvalue weighted by molar-refractivity contribution is 5.93. The van der Waals surface area contributed by atoms with Crippen LogP contribution in [0.1, 0.15) is 11.1 Å². The molecule has 124 valence electrons. The van der Waals surface area contributed by atoms with Crippen molar-refractivity contribution in [2.75, 3.05) is 7.11 Å². The number of phenolic OH excluding ortho intramolecular Hbond substituents is 3. The van der Waals surface area contributed by atoms with E-state index in [0.29, 0.717) is 5.56 Å². The molecule has 0 aliphatic heterocycles. The fourth-order valence-electron chi connectivity index (χ4n) is 1.85. The summed E-state index contributed by atoms with van der Waals surface area (Å²) >= 11 is 0. The van der Waals surface area contributed by atoms with Crippen LogP contribution >= 0.6 is 0 Å². The number of ether oxygens (including phenoxy) is 1. The minimum absolute atomic E-state index is 0.151. The maximum atomic E-state index is 11.9. The van der Waals surface area contributed by atoms with Crippen LogP contribution in [0.2, 0.25) is 0 Å². The van der Waals surface area contributed by atoms with Crippen molar-refractivity contribution in [2.45, 2.75) is 0 Å². The van der Waals surface area contributed by atoms with Gasteiger partial charge in [0.25, 0.3) is 5.91 Å². The minimum Gasteiger partial charge on any atom is -0.508 e. The predicted molar refractivity (Wildman–Crippen MR) is 90.0 cm³/mol. The van der Waals surface area contributed by atoms with Crippen LogP contribution < -0.4 is 5.32 Å². The molecule has 2 aromatic carbocycles. The highest BCUT2D eigenvalue weighted by Gasteiger charge is 2.04. The summed E-state index contributed by atoms with van der Waals surface area (Å²) in [5.74, 6) is -0.567. The van der Waals surface area contributed by atoms with E-state index in [1.807, 2.05) is 0 Å². The van der Waals surface area contributed by atoms with Gasteiger partial charge in [0, 0.05) is 12.2 Å². The molecule has 0 saturated heterocycles. The lowest BCUT2D eigenvalue weighted by Gasteiger charge is -2.07. The zero-order valence-corrected chi connectivity index (χ0v) is 12.9. The van der Waals surface area contributed by atoms with Gasteiger partial charge in [-0.3, -0.25) is 10.1 Å². The van der Waals surface area contributed by atoms with Gasteiger partial charge in [-0.05, 0) is 41.5 Å². The van der Waals surface area contributed by atoms with Crippen LogP contribution in [-0.2, 0) is 9.53 Å². The lowest BCUT2D eigenvalue weighted by atomic mass is 10.2. The first-order chi connectivity index (χ1) is 11.5. The molecule has 6 nitrogen and oxygen atoms in total. The summed E-state index contributed by atoms with van der Waals surface area (Å²) in [6.07, 6.45) is 4.42. The molecule has 0 aliphatic carbocycles. The molecule has 2 rings (SSSR count). The van der Waals surface area contributed by atoms with E-state index < -0.39 is 5.91 Å². The second-order valence-corrected chi connectivity index (χ2v) is 4.87. The van der Waals surface area contributed by atoms with Gasteiger partial charge in [-0.15, -0.1) is 0 Å². The third-order valence-corrected chi connectivity index (χ3v) is 3.08. The molecular formula is C18H17NO5. The Bertz CT molecular complexity index is 778. The van der Waals surface area contributed by atoms with E-state index in [0.717, 1.165) is 5.56 Å². The summed E-state index contributed by atoms with van der Waals surface area (Å²) in [6, 6.07) is 10.6. The molecule has 0 heterocycles. The molecule has 1 amide bonds. The average molecular weight is 327 g/mol. The van der Waals surface area contributed by atoms with E-state index in [1.54, 1.807) is 24.3 Å². The molecular weight excluding hydrogens is 310 g/mol. The van der Waals surface area contributed by atoms with Crippen molar-refractivity contribution in [1.82, 2.24) is 5.32 Å². The zero-order valence-electron chi connectivity index (χ0n) is 12.9. The number of methoxy groups -OCH3 is 1. The summed E-state index contributed by atoms with van der Waals surface area (Å²) in [6.45, 7) is 0. The zero-order chi connectivity index (χ0) is 17.5. The lowest BCUT2D eigenvalue weighted by Crippen LogP contribution is -2.21. The van der Waals surface area contributed by atoms with Crippen LogP contribution in [0, 0.1) is 0 Å². The first kappa shape index (κ1) is 17.0. The van der Waals surface area contributed by atoms with E-state index in [4.69, 9.17) is 4.74 Å². The molecule has 0 unspecified atom stereocenters. The molecule has 24 heavy (non-hydrogen) atoms. The van der Waals surface area contributed by atoms with Crippen LogP contribution in [0.25, 0.3) is 12.2 Å². The molecule has 0 radical (unpaired) electrons. The van der Waals surface area contributed by atoms with Crippen molar-refractivity contribution in [3.63, 3.8) is 0 Å². The summed E-state index contributed by atoms with van der Waals surface area (Å²) in [5, 5.41) is 30.5. The summed E-state index contributed by atoms with van der Waals surface area (Å²) in [7, 11) is 1.40. The number of hydrogen-bond acceptors (Lipinski definition) is 5. The van der Waals surface area contributed by atoms with Gasteiger partial charge in [0.2, 0.25) is 0 Å². The maximum Gasteiger partial charge on any atom is 0.250 e. The van der Waals surface area contributed by atoms with Gasteiger partial charge in [0.15, 0.2) is 17.4 Å². The Kier molecular flexibility index (Phi) is 5.46.